The van der Waals surface area contributed by atoms with E-state index >= 15 is 0 Å². The van der Waals surface area contributed by atoms with Crippen molar-refractivity contribution in [1.82, 2.24) is 4.57 Å². The average Bonchev–Trinajstić information content (AvgIpc) is 2.87. The lowest BCUT2D eigenvalue weighted by molar-refractivity contribution is 0.354. The van der Waals surface area contributed by atoms with Crippen LogP contribution >= 0.6 is 0 Å². The third kappa shape index (κ3) is 4.55. The molecule has 0 aliphatic carbocycles. The zero-order valence-electron chi connectivity index (χ0n) is 21.3. The highest BCUT2D eigenvalue weighted by molar-refractivity contribution is 5.55. The van der Waals surface area contributed by atoms with Gasteiger partial charge in [0.1, 0.15) is 17.4 Å². The summed E-state index contributed by atoms with van der Waals surface area (Å²) in [5.41, 5.74) is 10.4. The Morgan fingerprint density at radius 1 is 1.08 bits per heavy atom. The van der Waals surface area contributed by atoms with Crippen molar-refractivity contribution < 1.29 is 14.2 Å². The highest BCUT2D eigenvalue weighted by atomic mass is 16.5. The fraction of sp³-hybridized carbons (Fsp3) is 0.310. The normalized spacial score (nSPS) is 14.8. The van der Waals surface area contributed by atoms with Gasteiger partial charge in [0.05, 0.1) is 25.7 Å². The Hall–Kier alpha value is -4.18. The molecule has 4 rings (SSSR count). The number of methoxy groups -OCH3 is 2. The monoisotopic (exact) mass is 485 g/mol. The summed E-state index contributed by atoms with van der Waals surface area (Å²) in [4.78, 5) is 13.9. The van der Waals surface area contributed by atoms with Gasteiger partial charge in [-0.3, -0.25) is 4.79 Å². The molecule has 0 unspecified atom stereocenters. The van der Waals surface area contributed by atoms with Crippen LogP contribution in [0.2, 0.25) is 0 Å². The molecule has 0 fully saturated rings. The first-order chi connectivity index (χ1) is 17.3. The van der Waals surface area contributed by atoms with E-state index in [0.29, 0.717) is 41.7 Å². The highest BCUT2D eigenvalue weighted by Gasteiger charge is 2.34. The Morgan fingerprint density at radius 2 is 1.78 bits per heavy atom. The number of benzene rings is 2. The van der Waals surface area contributed by atoms with E-state index in [1.165, 1.54) is 5.56 Å². The van der Waals surface area contributed by atoms with Crippen LogP contribution in [-0.4, -0.2) is 18.8 Å². The summed E-state index contributed by atoms with van der Waals surface area (Å²) in [5.74, 6) is 1.50. The molecular weight excluding hydrogens is 454 g/mol. The van der Waals surface area contributed by atoms with E-state index in [1.54, 1.807) is 18.8 Å². The van der Waals surface area contributed by atoms with Gasteiger partial charge in [-0.05, 0) is 48.1 Å². The summed E-state index contributed by atoms with van der Waals surface area (Å²) >= 11 is 0. The van der Waals surface area contributed by atoms with Crippen molar-refractivity contribution in [2.45, 2.75) is 45.6 Å². The lowest BCUT2D eigenvalue weighted by Crippen LogP contribution is -2.33. The maximum atomic E-state index is 13.9. The van der Waals surface area contributed by atoms with Crippen LogP contribution in [0.15, 0.2) is 64.8 Å². The van der Waals surface area contributed by atoms with Crippen LogP contribution in [0.5, 0.6) is 17.2 Å². The number of hydrogen-bond donors (Lipinski definition) is 1. The van der Waals surface area contributed by atoms with Crippen molar-refractivity contribution in [3.05, 3.63) is 98.3 Å². The number of allylic oxidation sites excluding steroid dienone is 1. The quantitative estimate of drug-likeness (QED) is 0.518. The number of nitrogens with zero attached hydrogens (tertiary/aromatic N) is 2. The van der Waals surface area contributed by atoms with Gasteiger partial charge in [0.25, 0.3) is 5.56 Å². The summed E-state index contributed by atoms with van der Waals surface area (Å²) in [5, 5.41) is 9.92. The van der Waals surface area contributed by atoms with Gasteiger partial charge in [-0.2, -0.15) is 5.26 Å². The maximum absolute atomic E-state index is 13.9. The molecule has 0 amide bonds. The van der Waals surface area contributed by atoms with Gasteiger partial charge in [0.15, 0.2) is 11.5 Å². The van der Waals surface area contributed by atoms with E-state index < -0.39 is 5.92 Å². The van der Waals surface area contributed by atoms with Crippen LogP contribution in [0.3, 0.4) is 0 Å². The van der Waals surface area contributed by atoms with Gasteiger partial charge in [0, 0.05) is 18.3 Å². The summed E-state index contributed by atoms with van der Waals surface area (Å²) < 4.78 is 18.2. The number of hydrogen-bond acceptors (Lipinski definition) is 6. The fourth-order valence-electron chi connectivity index (χ4n) is 4.65. The molecule has 2 N–H and O–H groups in total. The molecule has 0 bridgehead atoms. The topological polar surface area (TPSA) is 99.5 Å². The van der Waals surface area contributed by atoms with Gasteiger partial charge in [-0.1, -0.05) is 44.2 Å². The van der Waals surface area contributed by atoms with E-state index in [2.05, 4.69) is 19.9 Å². The van der Waals surface area contributed by atoms with Crippen molar-refractivity contribution in [2.24, 2.45) is 5.73 Å². The van der Waals surface area contributed by atoms with E-state index in [1.807, 2.05) is 55.5 Å². The standard InChI is InChI=1S/C29H31N3O4/c1-17(2)20-7-9-21(10-8-20)26-22(16-30)28(31)36-25-14-18(3)32(29(33)27(25)26)13-12-19-6-11-23(34-4)24(15-19)35-5/h6-11,14-15,17,26H,12-13,31H2,1-5H3/t26-/m1/s1. The first-order valence-corrected chi connectivity index (χ1v) is 11.9. The minimum absolute atomic E-state index is 0.0322. The van der Waals surface area contributed by atoms with Crippen LogP contribution in [-0.2, 0) is 13.0 Å². The Bertz CT molecular complexity index is 1410. The van der Waals surface area contributed by atoms with E-state index in [4.69, 9.17) is 19.9 Å². The smallest absolute Gasteiger partial charge is 0.258 e. The number of fused-ring (bicyclic) bond motifs is 1. The SMILES string of the molecule is COc1ccc(CCn2c(C)cc3c(c2=O)[C@H](c2ccc(C(C)C)cc2)C(C#N)=C(N)O3)cc1OC. The molecule has 0 saturated carbocycles. The number of nitriles is 1. The molecule has 1 aliphatic heterocycles. The van der Waals surface area contributed by atoms with Crippen LogP contribution < -0.4 is 25.5 Å². The third-order valence-electron chi connectivity index (χ3n) is 6.70. The van der Waals surface area contributed by atoms with Gasteiger partial charge in [-0.25, -0.2) is 0 Å². The van der Waals surface area contributed by atoms with Crippen molar-refractivity contribution in [3.8, 4) is 23.3 Å². The lowest BCUT2D eigenvalue weighted by atomic mass is 9.83. The molecule has 0 saturated heterocycles. The third-order valence-corrected chi connectivity index (χ3v) is 6.70. The molecule has 2 aromatic carbocycles. The number of aryl methyl sites for hydroxylation is 2. The largest absolute Gasteiger partial charge is 0.493 e. The second kappa shape index (κ2) is 10.2. The first-order valence-electron chi connectivity index (χ1n) is 11.9. The van der Waals surface area contributed by atoms with Gasteiger partial charge in [0.2, 0.25) is 5.88 Å². The molecule has 3 aromatic rings. The molecule has 0 spiro atoms. The molecule has 1 atom stereocenters. The maximum Gasteiger partial charge on any atom is 0.258 e. The van der Waals surface area contributed by atoms with Crippen LogP contribution in [0.25, 0.3) is 0 Å². The second-order valence-corrected chi connectivity index (χ2v) is 9.21. The van der Waals surface area contributed by atoms with Crippen molar-refractivity contribution >= 4 is 0 Å². The van der Waals surface area contributed by atoms with Crippen molar-refractivity contribution in [2.75, 3.05) is 14.2 Å². The second-order valence-electron chi connectivity index (χ2n) is 9.21. The molecule has 7 heteroatoms. The van der Waals surface area contributed by atoms with Gasteiger partial charge < -0.3 is 24.5 Å². The fourth-order valence-corrected chi connectivity index (χ4v) is 4.65. The van der Waals surface area contributed by atoms with Gasteiger partial charge in [-0.15, -0.1) is 0 Å². The molecule has 186 valence electrons. The Balaban J connectivity index is 1.76. The Morgan fingerprint density at radius 3 is 2.39 bits per heavy atom. The zero-order valence-corrected chi connectivity index (χ0v) is 21.3. The lowest BCUT2D eigenvalue weighted by Gasteiger charge is -2.27. The summed E-state index contributed by atoms with van der Waals surface area (Å²) in [6.45, 7) is 6.56. The molecule has 7 nitrogen and oxygen atoms in total. The van der Waals surface area contributed by atoms with E-state index in [-0.39, 0.29) is 17.0 Å². The average molecular weight is 486 g/mol. The first kappa shape index (κ1) is 24.9. The number of pyridine rings is 1. The predicted molar refractivity (Wildman–Crippen MR) is 139 cm³/mol. The summed E-state index contributed by atoms with van der Waals surface area (Å²) in [6, 6.07) is 17.7. The Kier molecular flexibility index (Phi) is 7.07. The number of aromatic nitrogens is 1. The van der Waals surface area contributed by atoms with E-state index in [0.717, 1.165) is 16.8 Å². The molecule has 2 heterocycles. The molecular formula is C29H31N3O4. The van der Waals surface area contributed by atoms with Crippen LogP contribution in [0.1, 0.15) is 53.6 Å². The van der Waals surface area contributed by atoms with Crippen molar-refractivity contribution in [3.63, 3.8) is 0 Å². The predicted octanol–water partition coefficient (Wildman–Crippen LogP) is 4.76. The van der Waals surface area contributed by atoms with E-state index in [9.17, 15) is 10.1 Å². The number of nitrogens with two attached hydrogens (primary N) is 1. The van der Waals surface area contributed by atoms with Crippen LogP contribution in [0, 0.1) is 18.3 Å². The molecule has 0 radical (unpaired) electrons. The Labute approximate surface area is 211 Å². The molecule has 36 heavy (non-hydrogen) atoms. The summed E-state index contributed by atoms with van der Waals surface area (Å²) in [7, 11) is 3.19. The van der Waals surface area contributed by atoms with Gasteiger partial charge >= 0.3 is 0 Å². The molecule has 1 aromatic heterocycles. The summed E-state index contributed by atoms with van der Waals surface area (Å²) in [6.07, 6.45) is 0.609. The minimum Gasteiger partial charge on any atom is -0.493 e. The number of ether oxygens (including phenoxy) is 3. The highest BCUT2D eigenvalue weighted by Crippen LogP contribution is 2.40. The minimum atomic E-state index is -0.597. The van der Waals surface area contributed by atoms with Crippen molar-refractivity contribution in [1.29, 1.82) is 5.26 Å². The number of rotatable bonds is 7. The van der Waals surface area contributed by atoms with Crippen LogP contribution in [0.4, 0.5) is 0 Å². The zero-order chi connectivity index (χ0) is 26.0. The molecule has 1 aliphatic rings.